The fourth-order valence-corrected chi connectivity index (χ4v) is 3.98. The normalized spacial score (nSPS) is 17.3. The number of methoxy groups -OCH3 is 1. The zero-order valence-corrected chi connectivity index (χ0v) is 19.3. The van der Waals surface area contributed by atoms with Gasteiger partial charge in [-0.3, -0.25) is 14.6 Å². The Balaban J connectivity index is 1.80. The van der Waals surface area contributed by atoms with Crippen LogP contribution in [0.5, 0.6) is 11.5 Å². The first-order valence-corrected chi connectivity index (χ1v) is 11.0. The summed E-state index contributed by atoms with van der Waals surface area (Å²) in [5, 5.41) is 11.2. The molecule has 7 nitrogen and oxygen atoms in total. The van der Waals surface area contributed by atoms with Crippen LogP contribution in [0.25, 0.3) is 5.76 Å². The van der Waals surface area contributed by atoms with E-state index in [2.05, 4.69) is 4.98 Å². The first-order valence-electron chi connectivity index (χ1n) is 11.0. The number of carbonyl (C=O) groups excluding carboxylic acids is 2. The van der Waals surface area contributed by atoms with Crippen LogP contribution in [0.4, 0.5) is 0 Å². The Hall–Kier alpha value is -4.13. The van der Waals surface area contributed by atoms with Crippen LogP contribution < -0.4 is 9.47 Å². The molecule has 0 aliphatic carbocycles. The molecule has 1 saturated heterocycles. The summed E-state index contributed by atoms with van der Waals surface area (Å²) in [5.74, 6) is -0.345. The molecular formula is C27H26N2O5. The van der Waals surface area contributed by atoms with Gasteiger partial charge in [-0.2, -0.15) is 0 Å². The SMILES string of the molecule is COc1ccc(/C(O)=C2\C(=O)C(=O)N(Cc3cccnc3)[C@H]2c2ccc(OC(C)C)cc2)cc1. The van der Waals surface area contributed by atoms with Crippen LogP contribution in [0.15, 0.2) is 78.6 Å². The number of rotatable bonds is 7. The minimum atomic E-state index is -0.768. The lowest BCUT2D eigenvalue weighted by Crippen LogP contribution is -2.29. The molecule has 3 aromatic rings. The van der Waals surface area contributed by atoms with Gasteiger partial charge in [-0.1, -0.05) is 18.2 Å². The first kappa shape index (κ1) is 23.0. The van der Waals surface area contributed by atoms with Gasteiger partial charge in [0.15, 0.2) is 0 Å². The number of Topliss-reactive ketones (excluding diaryl/α,β-unsaturated/α-hetero) is 1. The third-order valence-electron chi connectivity index (χ3n) is 5.55. The van der Waals surface area contributed by atoms with Crippen LogP contribution in [-0.4, -0.2) is 39.9 Å². The van der Waals surface area contributed by atoms with E-state index in [9.17, 15) is 14.7 Å². The molecule has 7 heteroatoms. The van der Waals surface area contributed by atoms with Crippen LogP contribution >= 0.6 is 0 Å². The van der Waals surface area contributed by atoms with E-state index in [4.69, 9.17) is 9.47 Å². The van der Waals surface area contributed by atoms with Crippen LogP contribution in [0.2, 0.25) is 0 Å². The van der Waals surface area contributed by atoms with E-state index in [1.54, 1.807) is 62.0 Å². The second-order valence-corrected chi connectivity index (χ2v) is 8.25. The van der Waals surface area contributed by atoms with Gasteiger partial charge in [-0.05, 0) is 67.4 Å². The summed E-state index contributed by atoms with van der Waals surface area (Å²) in [5.41, 5.74) is 1.93. The molecule has 4 rings (SSSR count). The molecule has 1 amide bonds. The van der Waals surface area contributed by atoms with Gasteiger partial charge in [-0.15, -0.1) is 0 Å². The lowest BCUT2D eigenvalue weighted by Gasteiger charge is -2.25. The highest BCUT2D eigenvalue weighted by atomic mass is 16.5. The van der Waals surface area contributed by atoms with Crippen molar-refractivity contribution in [1.29, 1.82) is 0 Å². The fourth-order valence-electron chi connectivity index (χ4n) is 3.98. The molecule has 0 unspecified atom stereocenters. The van der Waals surface area contributed by atoms with E-state index in [0.717, 1.165) is 5.56 Å². The van der Waals surface area contributed by atoms with Crippen molar-refractivity contribution >= 4 is 17.4 Å². The number of carbonyl (C=O) groups is 2. The minimum absolute atomic E-state index is 0.0112. The predicted octanol–water partition coefficient (Wildman–Crippen LogP) is 4.50. The van der Waals surface area contributed by atoms with Crippen molar-refractivity contribution in [2.24, 2.45) is 0 Å². The lowest BCUT2D eigenvalue weighted by atomic mass is 9.95. The van der Waals surface area contributed by atoms with Gasteiger partial charge in [0.05, 0.1) is 24.8 Å². The number of likely N-dealkylation sites (tertiary alicyclic amines) is 1. The first-order chi connectivity index (χ1) is 16.4. The summed E-state index contributed by atoms with van der Waals surface area (Å²) in [6.45, 7) is 4.05. The second kappa shape index (κ2) is 9.79. The van der Waals surface area contributed by atoms with Gasteiger partial charge in [-0.25, -0.2) is 0 Å². The quantitative estimate of drug-likeness (QED) is 0.319. The zero-order valence-electron chi connectivity index (χ0n) is 19.3. The molecular weight excluding hydrogens is 432 g/mol. The number of aromatic nitrogens is 1. The number of benzene rings is 2. The van der Waals surface area contributed by atoms with Crippen LogP contribution in [-0.2, 0) is 16.1 Å². The number of nitrogens with zero attached hydrogens (tertiary/aromatic N) is 2. The standard InChI is InChI=1S/C27H26N2O5/c1-17(2)34-22-12-6-19(7-13-22)24-23(25(30)20-8-10-21(33-3)11-9-20)26(31)27(32)29(24)16-18-5-4-14-28-15-18/h4-15,17,24,30H,16H2,1-3H3/b25-23+/t24-/m0/s1. The molecule has 1 atom stereocenters. The fraction of sp³-hybridized carbons (Fsp3) is 0.222. The number of aliphatic hydroxyl groups is 1. The number of ether oxygens (including phenoxy) is 2. The smallest absolute Gasteiger partial charge is 0.295 e. The van der Waals surface area contributed by atoms with E-state index < -0.39 is 17.7 Å². The highest BCUT2D eigenvalue weighted by molar-refractivity contribution is 6.46. The molecule has 0 bridgehead atoms. The number of hydrogen-bond donors (Lipinski definition) is 1. The minimum Gasteiger partial charge on any atom is -0.507 e. The maximum atomic E-state index is 13.2. The summed E-state index contributed by atoms with van der Waals surface area (Å²) < 4.78 is 10.9. The molecule has 1 aromatic heterocycles. The largest absolute Gasteiger partial charge is 0.507 e. The molecule has 174 valence electrons. The van der Waals surface area contributed by atoms with Gasteiger partial charge in [0.2, 0.25) is 0 Å². The van der Waals surface area contributed by atoms with Crippen molar-refractivity contribution in [2.75, 3.05) is 7.11 Å². The summed E-state index contributed by atoms with van der Waals surface area (Å²) in [4.78, 5) is 31.9. The topological polar surface area (TPSA) is 89.0 Å². The van der Waals surface area contributed by atoms with E-state index in [0.29, 0.717) is 22.6 Å². The van der Waals surface area contributed by atoms with Gasteiger partial charge in [0.1, 0.15) is 17.3 Å². The van der Waals surface area contributed by atoms with Crippen molar-refractivity contribution in [3.63, 3.8) is 0 Å². The van der Waals surface area contributed by atoms with Gasteiger partial charge in [0.25, 0.3) is 11.7 Å². The van der Waals surface area contributed by atoms with E-state index >= 15 is 0 Å². The Morgan fingerprint density at radius 3 is 2.29 bits per heavy atom. The second-order valence-electron chi connectivity index (χ2n) is 8.25. The maximum Gasteiger partial charge on any atom is 0.295 e. The van der Waals surface area contributed by atoms with Gasteiger partial charge >= 0.3 is 0 Å². The average Bonchev–Trinajstić information content (AvgIpc) is 3.09. The molecule has 34 heavy (non-hydrogen) atoms. The summed E-state index contributed by atoms with van der Waals surface area (Å²) >= 11 is 0. The summed E-state index contributed by atoms with van der Waals surface area (Å²) in [6, 6.07) is 16.7. The van der Waals surface area contributed by atoms with Crippen LogP contribution in [0.3, 0.4) is 0 Å². The highest BCUT2D eigenvalue weighted by Crippen LogP contribution is 2.40. The Kier molecular flexibility index (Phi) is 6.63. The van der Waals surface area contributed by atoms with Crippen molar-refractivity contribution in [3.8, 4) is 11.5 Å². The van der Waals surface area contributed by atoms with Crippen LogP contribution in [0.1, 0.15) is 36.6 Å². The monoisotopic (exact) mass is 458 g/mol. The molecule has 0 radical (unpaired) electrons. The molecule has 0 spiro atoms. The van der Waals surface area contributed by atoms with Crippen molar-refractivity contribution < 1.29 is 24.2 Å². The number of pyridine rings is 1. The van der Waals surface area contributed by atoms with Crippen molar-refractivity contribution in [3.05, 3.63) is 95.3 Å². The average molecular weight is 459 g/mol. The summed E-state index contributed by atoms with van der Waals surface area (Å²) in [6.07, 6.45) is 3.31. The van der Waals surface area contributed by atoms with Gasteiger partial charge in [0, 0.05) is 24.5 Å². The lowest BCUT2D eigenvalue weighted by molar-refractivity contribution is -0.140. The van der Waals surface area contributed by atoms with Crippen molar-refractivity contribution in [2.45, 2.75) is 32.5 Å². The molecule has 2 aromatic carbocycles. The van der Waals surface area contributed by atoms with Crippen LogP contribution in [0, 0.1) is 0 Å². The molecule has 0 saturated carbocycles. The third kappa shape index (κ3) is 4.64. The van der Waals surface area contributed by atoms with Crippen molar-refractivity contribution in [1.82, 2.24) is 9.88 Å². The third-order valence-corrected chi connectivity index (χ3v) is 5.55. The molecule has 1 N–H and O–H groups in total. The summed E-state index contributed by atoms with van der Waals surface area (Å²) in [7, 11) is 1.55. The van der Waals surface area contributed by atoms with Gasteiger partial charge < -0.3 is 19.5 Å². The Bertz CT molecular complexity index is 1200. The molecule has 2 heterocycles. The number of aliphatic hydroxyl groups excluding tert-OH is 1. The Morgan fingerprint density at radius 1 is 1.03 bits per heavy atom. The zero-order chi connectivity index (χ0) is 24.2. The number of amides is 1. The molecule has 1 fully saturated rings. The molecule has 1 aliphatic heterocycles. The maximum absolute atomic E-state index is 13.2. The Labute approximate surface area is 198 Å². The number of ketones is 1. The number of hydrogen-bond acceptors (Lipinski definition) is 6. The predicted molar refractivity (Wildman–Crippen MR) is 127 cm³/mol. The Morgan fingerprint density at radius 2 is 1.71 bits per heavy atom. The van der Waals surface area contributed by atoms with E-state index in [1.807, 2.05) is 32.0 Å². The van der Waals surface area contributed by atoms with E-state index in [-0.39, 0.29) is 24.0 Å². The molecule has 1 aliphatic rings. The van der Waals surface area contributed by atoms with E-state index in [1.165, 1.54) is 4.90 Å². The highest BCUT2D eigenvalue weighted by Gasteiger charge is 2.46.